The average molecular weight is 614 g/mol. The molecule has 1 saturated carbocycles. The van der Waals surface area contributed by atoms with E-state index in [0.29, 0.717) is 36.6 Å². The number of anilines is 2. The summed E-state index contributed by atoms with van der Waals surface area (Å²) >= 11 is 0. The Morgan fingerprint density at radius 1 is 0.978 bits per heavy atom. The fourth-order valence-corrected chi connectivity index (χ4v) is 7.87. The number of amides is 3. The molecule has 234 valence electrons. The zero-order valence-corrected chi connectivity index (χ0v) is 25.1. The number of aromatic nitrogens is 1. The normalized spacial score (nSPS) is 24.7. The average Bonchev–Trinajstić information content (AvgIpc) is 3.38. The van der Waals surface area contributed by atoms with Crippen LogP contribution < -0.4 is 16.0 Å². The van der Waals surface area contributed by atoms with Gasteiger partial charge in [-0.3, -0.25) is 14.4 Å². The maximum Gasteiger partial charge on any atom is 0.245 e. The number of nitrogens with one attached hydrogen (secondary N) is 3. The van der Waals surface area contributed by atoms with Gasteiger partial charge >= 0.3 is 0 Å². The van der Waals surface area contributed by atoms with Gasteiger partial charge in [-0.25, -0.2) is 13.8 Å². The molecule has 3 heterocycles. The molecule has 4 aliphatic rings. The van der Waals surface area contributed by atoms with Crippen LogP contribution in [0.4, 0.5) is 20.3 Å². The zero-order chi connectivity index (χ0) is 31.1. The van der Waals surface area contributed by atoms with E-state index >= 15 is 0 Å². The van der Waals surface area contributed by atoms with Crippen molar-refractivity contribution in [3.8, 4) is 0 Å². The van der Waals surface area contributed by atoms with Gasteiger partial charge in [0.25, 0.3) is 0 Å². The first-order valence-corrected chi connectivity index (χ1v) is 16.0. The Labute approximate surface area is 261 Å². The van der Waals surface area contributed by atoms with E-state index in [1.165, 1.54) is 29.9 Å². The fourth-order valence-electron chi connectivity index (χ4n) is 7.87. The number of hydrogen-bond acceptors (Lipinski definition) is 5. The first kappa shape index (κ1) is 29.5. The van der Waals surface area contributed by atoms with Crippen LogP contribution in [-0.2, 0) is 32.6 Å². The number of pyridine rings is 1. The van der Waals surface area contributed by atoms with Crippen LogP contribution in [0.2, 0.25) is 0 Å². The number of para-hydroxylation sites is 1. The highest BCUT2D eigenvalue weighted by molar-refractivity contribution is 6.07. The van der Waals surface area contributed by atoms with Crippen molar-refractivity contribution in [1.29, 1.82) is 0 Å². The van der Waals surface area contributed by atoms with Crippen molar-refractivity contribution in [2.75, 3.05) is 23.7 Å². The zero-order valence-electron chi connectivity index (χ0n) is 25.1. The van der Waals surface area contributed by atoms with Crippen molar-refractivity contribution in [3.63, 3.8) is 0 Å². The number of hydrogen-bond donors (Lipinski definition) is 3. The summed E-state index contributed by atoms with van der Waals surface area (Å²) in [6.45, 7) is -0.00895. The summed E-state index contributed by atoms with van der Waals surface area (Å²) in [6, 6.07) is 11.5. The minimum absolute atomic E-state index is 0.0408. The van der Waals surface area contributed by atoms with Crippen molar-refractivity contribution in [2.24, 2.45) is 5.92 Å². The summed E-state index contributed by atoms with van der Waals surface area (Å²) in [6.07, 6.45) is 10.2. The van der Waals surface area contributed by atoms with E-state index in [4.69, 9.17) is 0 Å². The number of piperazine rings is 1. The Kier molecular flexibility index (Phi) is 7.85. The first-order valence-electron chi connectivity index (χ1n) is 16.0. The van der Waals surface area contributed by atoms with Crippen molar-refractivity contribution in [3.05, 3.63) is 88.6 Å². The number of rotatable bonds is 6. The third-order valence-corrected chi connectivity index (χ3v) is 10.1. The molecule has 2 aromatic carbocycles. The van der Waals surface area contributed by atoms with Crippen molar-refractivity contribution in [2.45, 2.75) is 75.3 Å². The monoisotopic (exact) mass is 613 g/mol. The van der Waals surface area contributed by atoms with Gasteiger partial charge in [-0.05, 0) is 71.7 Å². The molecule has 3 N–H and O–H groups in total. The molecule has 2 aliphatic carbocycles. The van der Waals surface area contributed by atoms with Gasteiger partial charge in [0.15, 0.2) is 0 Å². The maximum absolute atomic E-state index is 14.2. The lowest BCUT2D eigenvalue weighted by molar-refractivity contribution is -0.142. The largest absolute Gasteiger partial charge is 0.325 e. The van der Waals surface area contributed by atoms with Crippen LogP contribution in [0.25, 0.3) is 0 Å². The Bertz CT molecular complexity index is 1640. The summed E-state index contributed by atoms with van der Waals surface area (Å²) in [5, 5.41) is 9.16. The van der Waals surface area contributed by atoms with Crippen LogP contribution >= 0.6 is 0 Å². The lowest BCUT2D eigenvalue weighted by Crippen LogP contribution is -2.58. The number of fused-ring (bicyclic) bond motifs is 3. The fraction of sp³-hybridized carbons (Fsp3) is 0.429. The molecule has 45 heavy (non-hydrogen) atoms. The summed E-state index contributed by atoms with van der Waals surface area (Å²) < 4.78 is 28.5. The van der Waals surface area contributed by atoms with Crippen molar-refractivity contribution >= 4 is 29.2 Å². The summed E-state index contributed by atoms with van der Waals surface area (Å²) in [4.78, 5) is 46.4. The molecule has 2 aliphatic heterocycles. The van der Waals surface area contributed by atoms with Crippen LogP contribution in [0.1, 0.15) is 73.2 Å². The van der Waals surface area contributed by atoms with Crippen LogP contribution in [0.3, 0.4) is 0 Å². The van der Waals surface area contributed by atoms with Crippen LogP contribution in [0.5, 0.6) is 0 Å². The highest BCUT2D eigenvalue weighted by atomic mass is 19.1. The number of halogens is 2. The van der Waals surface area contributed by atoms with E-state index < -0.39 is 35.0 Å². The Balaban J connectivity index is 1.09. The van der Waals surface area contributed by atoms with Crippen molar-refractivity contribution in [1.82, 2.24) is 15.2 Å². The van der Waals surface area contributed by atoms with E-state index in [1.54, 1.807) is 12.3 Å². The minimum atomic E-state index is -0.735. The molecule has 3 amide bonds. The summed E-state index contributed by atoms with van der Waals surface area (Å²) in [5.74, 6) is -1.47. The minimum Gasteiger partial charge on any atom is -0.325 e. The van der Waals surface area contributed by atoms with Gasteiger partial charge in [0.05, 0.1) is 17.5 Å². The molecule has 7 rings (SSSR count). The van der Waals surface area contributed by atoms with Gasteiger partial charge in [-0.2, -0.15) is 0 Å². The second kappa shape index (κ2) is 12.0. The van der Waals surface area contributed by atoms with E-state index in [1.807, 2.05) is 24.3 Å². The highest BCUT2D eigenvalue weighted by Gasteiger charge is 2.50. The van der Waals surface area contributed by atoms with E-state index in [0.717, 1.165) is 54.1 Å². The predicted octanol–water partition coefficient (Wildman–Crippen LogP) is 5.19. The van der Waals surface area contributed by atoms with E-state index in [2.05, 4.69) is 20.9 Å². The number of benzene rings is 2. The lowest BCUT2D eigenvalue weighted by Gasteiger charge is -2.40. The predicted molar refractivity (Wildman–Crippen MR) is 165 cm³/mol. The molecule has 3 aromatic rings. The summed E-state index contributed by atoms with van der Waals surface area (Å²) in [5.41, 5.74) is 3.27. The molecule has 3 unspecified atom stereocenters. The van der Waals surface area contributed by atoms with Crippen LogP contribution in [0.15, 0.2) is 54.7 Å². The number of carbonyl (C=O) groups excluding carboxylic acids is 3. The quantitative estimate of drug-likeness (QED) is 0.332. The first-order chi connectivity index (χ1) is 21.8. The van der Waals surface area contributed by atoms with Gasteiger partial charge in [0.1, 0.15) is 24.0 Å². The molecular formula is C35H37F2N5O3. The van der Waals surface area contributed by atoms with Crippen molar-refractivity contribution < 1.29 is 23.2 Å². The Morgan fingerprint density at radius 3 is 2.49 bits per heavy atom. The second-order valence-corrected chi connectivity index (χ2v) is 13.1. The van der Waals surface area contributed by atoms with Gasteiger partial charge in [-0.1, -0.05) is 56.7 Å². The third-order valence-electron chi connectivity index (χ3n) is 10.1. The number of nitrogens with zero attached hydrogens (tertiary/aromatic N) is 2. The number of carbonyl (C=O) groups is 3. The molecule has 0 bridgehead atoms. The Morgan fingerprint density at radius 2 is 1.71 bits per heavy atom. The van der Waals surface area contributed by atoms with Crippen LogP contribution in [0, 0.1) is 17.6 Å². The topological polar surface area (TPSA) is 103 Å². The van der Waals surface area contributed by atoms with E-state index in [9.17, 15) is 23.2 Å². The molecule has 3 atom stereocenters. The molecule has 8 nitrogen and oxygen atoms in total. The van der Waals surface area contributed by atoms with Gasteiger partial charge in [0.2, 0.25) is 17.7 Å². The molecule has 1 saturated heterocycles. The third kappa shape index (κ3) is 5.72. The molecule has 2 fully saturated rings. The van der Waals surface area contributed by atoms with Crippen LogP contribution in [-0.4, -0.2) is 46.7 Å². The Hall–Kier alpha value is -4.18. The summed E-state index contributed by atoms with van der Waals surface area (Å²) in [7, 11) is 0. The maximum atomic E-state index is 14.2. The van der Waals surface area contributed by atoms with Gasteiger partial charge in [0, 0.05) is 24.5 Å². The van der Waals surface area contributed by atoms with Gasteiger partial charge < -0.3 is 20.9 Å². The standard InChI is InChI=1S/C35H37F2N5O3/c36-25-12-22(13-26(37)15-25)30-19-38-29(11-21-7-3-1-2-4-8-21)33(44)42(30)20-32(43)41-31-14-23-16-35(17-24(23)18-39-31)27-9-5-6-10-28(27)40-34(35)45/h5-6,9-10,12-15,18,21,29-30,38H,1-4,7-8,11,16-17,19-20H2,(H,40,45)(H,39,41,43). The molecule has 1 spiro atoms. The van der Waals surface area contributed by atoms with E-state index in [-0.39, 0.29) is 24.9 Å². The second-order valence-electron chi connectivity index (χ2n) is 13.1. The SMILES string of the molecule is O=C(CN1C(=O)C(CC2CCCCCC2)NCC1c1cc(F)cc(F)c1)Nc1cc2c(cn1)CC1(C2)C(=O)Nc2ccccc21. The highest BCUT2D eigenvalue weighted by Crippen LogP contribution is 2.47. The lowest BCUT2D eigenvalue weighted by atomic mass is 9.79. The molecule has 10 heteroatoms. The molecular weight excluding hydrogens is 576 g/mol. The van der Waals surface area contributed by atoms with Gasteiger partial charge in [-0.15, -0.1) is 0 Å². The smallest absolute Gasteiger partial charge is 0.245 e. The molecule has 0 radical (unpaired) electrons. The molecule has 1 aromatic heterocycles.